The molecule has 3 aromatic heterocycles. The second-order valence-electron chi connectivity index (χ2n) is 6.96. The molecule has 0 fully saturated rings. The van der Waals surface area contributed by atoms with Crippen molar-refractivity contribution in [2.75, 3.05) is 7.11 Å². The minimum atomic E-state index is 0.821. The first-order valence-electron chi connectivity index (χ1n) is 9.62. The van der Waals surface area contributed by atoms with Crippen LogP contribution >= 0.6 is 0 Å². The van der Waals surface area contributed by atoms with Crippen molar-refractivity contribution in [3.8, 4) is 17.0 Å². The highest BCUT2D eigenvalue weighted by molar-refractivity contribution is 5.83. The molecule has 142 valence electrons. The molecule has 0 unspecified atom stereocenters. The molecular formula is C24H20N4O. The van der Waals surface area contributed by atoms with Crippen LogP contribution in [0.4, 0.5) is 0 Å². The average molecular weight is 380 g/mol. The van der Waals surface area contributed by atoms with Crippen molar-refractivity contribution >= 4 is 16.6 Å². The molecule has 5 rings (SSSR count). The third-order valence-corrected chi connectivity index (χ3v) is 5.19. The van der Waals surface area contributed by atoms with E-state index in [4.69, 9.17) is 9.84 Å². The maximum Gasteiger partial charge on any atom is 0.153 e. The topological polar surface area (TPSA) is 52.3 Å². The van der Waals surface area contributed by atoms with Crippen molar-refractivity contribution in [1.29, 1.82) is 0 Å². The van der Waals surface area contributed by atoms with Crippen LogP contribution in [0.2, 0.25) is 0 Å². The van der Waals surface area contributed by atoms with Crippen LogP contribution in [0.5, 0.6) is 5.75 Å². The van der Waals surface area contributed by atoms with E-state index in [0.717, 1.165) is 52.1 Å². The first kappa shape index (κ1) is 17.4. The van der Waals surface area contributed by atoms with E-state index in [-0.39, 0.29) is 0 Å². The lowest BCUT2D eigenvalue weighted by atomic mass is 10.0. The van der Waals surface area contributed by atoms with E-state index in [2.05, 4.69) is 34.2 Å². The Bertz CT molecular complexity index is 1290. The second kappa shape index (κ2) is 7.36. The highest BCUT2D eigenvalue weighted by atomic mass is 16.5. The van der Waals surface area contributed by atoms with Gasteiger partial charge in [0.15, 0.2) is 5.65 Å². The van der Waals surface area contributed by atoms with Gasteiger partial charge in [-0.3, -0.25) is 4.98 Å². The summed E-state index contributed by atoms with van der Waals surface area (Å²) in [5.41, 5.74) is 6.21. The molecule has 0 aliphatic carbocycles. The van der Waals surface area contributed by atoms with Crippen molar-refractivity contribution in [3.05, 3.63) is 90.4 Å². The molecule has 29 heavy (non-hydrogen) atoms. The van der Waals surface area contributed by atoms with E-state index in [9.17, 15) is 0 Å². The van der Waals surface area contributed by atoms with Gasteiger partial charge in [-0.15, -0.1) is 0 Å². The summed E-state index contributed by atoms with van der Waals surface area (Å²) in [6.07, 6.45) is 5.51. The summed E-state index contributed by atoms with van der Waals surface area (Å²) in [6.45, 7) is 0. The van der Waals surface area contributed by atoms with Gasteiger partial charge in [0.25, 0.3) is 0 Å². The molecule has 0 radical (unpaired) electrons. The van der Waals surface area contributed by atoms with E-state index in [1.807, 2.05) is 59.4 Å². The van der Waals surface area contributed by atoms with Crippen LogP contribution in [-0.4, -0.2) is 26.7 Å². The fourth-order valence-electron chi connectivity index (χ4n) is 3.65. The molecule has 0 bridgehead atoms. The summed E-state index contributed by atoms with van der Waals surface area (Å²) >= 11 is 0. The Morgan fingerprint density at radius 1 is 0.897 bits per heavy atom. The Balaban J connectivity index is 1.46. The van der Waals surface area contributed by atoms with Crippen molar-refractivity contribution in [3.63, 3.8) is 0 Å². The third-order valence-electron chi connectivity index (χ3n) is 5.19. The van der Waals surface area contributed by atoms with Crippen LogP contribution in [0.25, 0.3) is 27.8 Å². The molecule has 0 spiro atoms. The Hall–Kier alpha value is -3.73. The minimum absolute atomic E-state index is 0.821. The Morgan fingerprint density at radius 2 is 1.79 bits per heavy atom. The van der Waals surface area contributed by atoms with Gasteiger partial charge in [0.05, 0.1) is 30.2 Å². The summed E-state index contributed by atoms with van der Waals surface area (Å²) < 4.78 is 7.27. The number of ether oxygens (including phenoxy) is 1. The molecule has 5 nitrogen and oxygen atoms in total. The fourth-order valence-corrected chi connectivity index (χ4v) is 3.65. The fraction of sp³-hybridized carbons (Fsp3) is 0.125. The number of aromatic nitrogens is 4. The van der Waals surface area contributed by atoms with Crippen molar-refractivity contribution < 1.29 is 4.74 Å². The number of hydrogen-bond donors (Lipinski definition) is 0. The maximum atomic E-state index is 5.32. The molecular weight excluding hydrogens is 360 g/mol. The number of pyridine rings is 1. The number of rotatable bonds is 5. The zero-order valence-corrected chi connectivity index (χ0v) is 16.1. The lowest BCUT2D eigenvalue weighted by Crippen LogP contribution is -2.01. The highest BCUT2D eigenvalue weighted by Crippen LogP contribution is 2.23. The molecule has 0 amide bonds. The number of fused-ring (bicyclic) bond motifs is 2. The lowest BCUT2D eigenvalue weighted by molar-refractivity contribution is 0.415. The number of imidazole rings is 1. The molecule has 5 aromatic rings. The summed E-state index contributed by atoms with van der Waals surface area (Å²) in [4.78, 5) is 9.00. The number of methoxy groups -OCH3 is 1. The molecule has 5 heteroatoms. The summed E-state index contributed by atoms with van der Waals surface area (Å²) in [5, 5.41) is 5.98. The zero-order valence-electron chi connectivity index (χ0n) is 16.1. The molecule has 2 aromatic carbocycles. The van der Waals surface area contributed by atoms with Crippen LogP contribution < -0.4 is 4.74 Å². The number of hydrogen-bond acceptors (Lipinski definition) is 4. The standard InChI is InChI=1S/C24H20N4O/c1-29-20-9-10-21-17(13-14-25-23(21)15-20)7-8-19-16-26-24-12-11-22(27-28(19)24)18-5-3-2-4-6-18/h2-6,9-16H,7-8H2,1H3. The van der Waals surface area contributed by atoms with Crippen LogP contribution in [-0.2, 0) is 12.8 Å². The summed E-state index contributed by atoms with van der Waals surface area (Å²) in [6, 6.07) is 22.4. The van der Waals surface area contributed by atoms with E-state index in [0.29, 0.717) is 0 Å². The summed E-state index contributed by atoms with van der Waals surface area (Å²) in [5.74, 6) is 0.821. The van der Waals surface area contributed by atoms with Gasteiger partial charge in [0, 0.05) is 23.2 Å². The second-order valence-corrected chi connectivity index (χ2v) is 6.96. The SMILES string of the molecule is COc1ccc2c(CCc3cnc4ccc(-c5ccccc5)nn34)ccnc2c1. The van der Waals surface area contributed by atoms with Gasteiger partial charge in [-0.05, 0) is 48.7 Å². The molecule has 0 aliphatic rings. The zero-order chi connectivity index (χ0) is 19.6. The number of nitrogens with zero attached hydrogens (tertiary/aromatic N) is 4. The molecule has 0 N–H and O–H groups in total. The highest BCUT2D eigenvalue weighted by Gasteiger charge is 2.09. The van der Waals surface area contributed by atoms with Crippen molar-refractivity contribution in [1.82, 2.24) is 19.6 Å². The number of aryl methyl sites for hydroxylation is 2. The monoisotopic (exact) mass is 380 g/mol. The van der Waals surface area contributed by atoms with Gasteiger partial charge in [0.2, 0.25) is 0 Å². The Kier molecular flexibility index (Phi) is 4.41. The first-order valence-corrected chi connectivity index (χ1v) is 9.62. The lowest BCUT2D eigenvalue weighted by Gasteiger charge is -2.08. The third kappa shape index (κ3) is 3.31. The Labute approximate surface area is 168 Å². The van der Waals surface area contributed by atoms with Crippen LogP contribution in [0, 0.1) is 0 Å². The molecule has 0 atom stereocenters. The summed E-state index contributed by atoms with van der Waals surface area (Å²) in [7, 11) is 1.67. The van der Waals surface area contributed by atoms with Crippen LogP contribution in [0.15, 0.2) is 79.1 Å². The molecule has 0 aliphatic heterocycles. The molecule has 0 saturated heterocycles. The van der Waals surface area contributed by atoms with E-state index >= 15 is 0 Å². The van der Waals surface area contributed by atoms with E-state index in [1.165, 1.54) is 5.56 Å². The maximum absolute atomic E-state index is 5.32. The van der Waals surface area contributed by atoms with E-state index in [1.54, 1.807) is 7.11 Å². The molecule has 3 heterocycles. The van der Waals surface area contributed by atoms with Gasteiger partial charge >= 0.3 is 0 Å². The quantitative estimate of drug-likeness (QED) is 0.442. The minimum Gasteiger partial charge on any atom is -0.497 e. The normalized spacial score (nSPS) is 11.2. The van der Waals surface area contributed by atoms with Gasteiger partial charge in [-0.2, -0.15) is 5.10 Å². The first-order chi connectivity index (χ1) is 14.3. The van der Waals surface area contributed by atoms with Gasteiger partial charge in [-0.1, -0.05) is 30.3 Å². The largest absolute Gasteiger partial charge is 0.497 e. The Morgan fingerprint density at radius 3 is 2.66 bits per heavy atom. The van der Waals surface area contributed by atoms with Gasteiger partial charge < -0.3 is 4.74 Å². The predicted octanol–water partition coefficient (Wildman–Crippen LogP) is 4.74. The van der Waals surface area contributed by atoms with E-state index < -0.39 is 0 Å². The molecule has 0 saturated carbocycles. The van der Waals surface area contributed by atoms with Gasteiger partial charge in [0.1, 0.15) is 5.75 Å². The smallest absolute Gasteiger partial charge is 0.153 e. The van der Waals surface area contributed by atoms with Crippen molar-refractivity contribution in [2.24, 2.45) is 0 Å². The van der Waals surface area contributed by atoms with Gasteiger partial charge in [-0.25, -0.2) is 9.50 Å². The number of benzene rings is 2. The van der Waals surface area contributed by atoms with Crippen LogP contribution in [0.3, 0.4) is 0 Å². The van der Waals surface area contributed by atoms with Crippen LogP contribution in [0.1, 0.15) is 11.3 Å². The predicted molar refractivity (Wildman–Crippen MR) is 114 cm³/mol. The van der Waals surface area contributed by atoms with Crippen molar-refractivity contribution in [2.45, 2.75) is 12.8 Å². The average Bonchev–Trinajstić information content (AvgIpc) is 3.20.